The Balaban J connectivity index is 1.54. The van der Waals surface area contributed by atoms with Crippen molar-refractivity contribution in [3.8, 4) is 17.5 Å². The molecule has 5 heteroatoms. The Hall–Kier alpha value is -4.17. The third-order valence-corrected chi connectivity index (χ3v) is 4.03. The smallest absolute Gasteiger partial charge is 0.274 e. The zero-order chi connectivity index (χ0) is 19.2. The number of nitrogens with zero attached hydrogens (tertiary/aromatic N) is 3. The normalized spacial score (nSPS) is 10.0. The summed E-state index contributed by atoms with van der Waals surface area (Å²) >= 11 is 0. The maximum Gasteiger partial charge on any atom is 0.274 e. The van der Waals surface area contributed by atoms with Crippen LogP contribution in [-0.4, -0.2) is 20.4 Å². The summed E-state index contributed by atoms with van der Waals surface area (Å²) in [5.41, 5.74) is 3.48. The maximum atomic E-state index is 12.7. The molecule has 2 aromatic heterocycles. The fourth-order valence-corrected chi connectivity index (χ4v) is 2.70. The van der Waals surface area contributed by atoms with Gasteiger partial charge in [0.05, 0.1) is 12.5 Å². The molecule has 0 bridgehead atoms. The number of carbonyl (C=O) groups excluding carboxylic acids is 1. The first kappa shape index (κ1) is 17.3. The highest BCUT2D eigenvalue weighted by Crippen LogP contribution is 2.15. The number of para-hydroxylation sites is 1. The zero-order valence-electron chi connectivity index (χ0n) is 14.9. The van der Waals surface area contributed by atoms with E-state index < -0.39 is 0 Å². The topological polar surface area (TPSA) is 59.8 Å². The van der Waals surface area contributed by atoms with Gasteiger partial charge >= 0.3 is 0 Å². The molecule has 1 N–H and O–H groups in total. The van der Waals surface area contributed by atoms with Crippen LogP contribution in [0.25, 0.3) is 5.69 Å². The highest BCUT2D eigenvalue weighted by molar-refractivity contribution is 6.03. The molecule has 0 spiro atoms. The van der Waals surface area contributed by atoms with E-state index in [1.807, 2.05) is 72.8 Å². The SMILES string of the molecule is O=C(Nc1cccc(C#Cc2ccccn2)c1)c1cncn1-c1ccccc1. The van der Waals surface area contributed by atoms with Crippen molar-refractivity contribution in [1.29, 1.82) is 0 Å². The van der Waals surface area contributed by atoms with Crippen LogP contribution in [0.15, 0.2) is 91.5 Å². The zero-order valence-corrected chi connectivity index (χ0v) is 14.9. The van der Waals surface area contributed by atoms with Crippen LogP contribution in [0.5, 0.6) is 0 Å². The lowest BCUT2D eigenvalue weighted by Crippen LogP contribution is -2.16. The van der Waals surface area contributed by atoms with E-state index in [0.29, 0.717) is 17.1 Å². The number of anilines is 1. The van der Waals surface area contributed by atoms with Crippen molar-refractivity contribution < 1.29 is 4.79 Å². The summed E-state index contributed by atoms with van der Waals surface area (Å²) in [5.74, 6) is 5.84. The van der Waals surface area contributed by atoms with Gasteiger partial charge in [-0.15, -0.1) is 0 Å². The quantitative estimate of drug-likeness (QED) is 0.561. The summed E-state index contributed by atoms with van der Waals surface area (Å²) in [7, 11) is 0. The molecule has 0 aliphatic heterocycles. The Labute approximate surface area is 162 Å². The van der Waals surface area contributed by atoms with Crippen LogP contribution in [0.1, 0.15) is 21.7 Å². The second kappa shape index (κ2) is 8.02. The van der Waals surface area contributed by atoms with Crippen LogP contribution >= 0.6 is 0 Å². The Kier molecular flexibility index (Phi) is 4.94. The van der Waals surface area contributed by atoms with E-state index in [0.717, 1.165) is 11.3 Å². The van der Waals surface area contributed by atoms with Crippen molar-refractivity contribution >= 4 is 11.6 Å². The summed E-state index contributed by atoms with van der Waals surface area (Å²) in [6, 6.07) is 22.6. The summed E-state index contributed by atoms with van der Waals surface area (Å²) in [6.45, 7) is 0. The van der Waals surface area contributed by atoms with E-state index >= 15 is 0 Å². The average Bonchev–Trinajstić information content (AvgIpc) is 3.24. The number of hydrogen-bond acceptors (Lipinski definition) is 3. The van der Waals surface area contributed by atoms with Crippen molar-refractivity contribution in [2.24, 2.45) is 0 Å². The fraction of sp³-hybridized carbons (Fsp3) is 0. The minimum Gasteiger partial charge on any atom is -0.321 e. The largest absolute Gasteiger partial charge is 0.321 e. The molecule has 0 aliphatic rings. The predicted octanol–water partition coefficient (Wildman–Crippen LogP) is 3.92. The molecule has 0 saturated carbocycles. The van der Waals surface area contributed by atoms with Crippen LogP contribution in [0, 0.1) is 11.8 Å². The molecule has 5 nitrogen and oxygen atoms in total. The molecule has 0 unspecified atom stereocenters. The highest BCUT2D eigenvalue weighted by Gasteiger charge is 2.13. The lowest BCUT2D eigenvalue weighted by molar-refractivity contribution is 0.102. The van der Waals surface area contributed by atoms with E-state index in [9.17, 15) is 4.79 Å². The van der Waals surface area contributed by atoms with Crippen LogP contribution in [0.2, 0.25) is 0 Å². The summed E-state index contributed by atoms with van der Waals surface area (Å²) in [6.07, 6.45) is 4.88. The van der Waals surface area contributed by atoms with Gasteiger partial charge in [0, 0.05) is 23.1 Å². The molecule has 0 saturated heterocycles. The summed E-state index contributed by atoms with van der Waals surface area (Å²) in [5, 5.41) is 2.91. The van der Waals surface area contributed by atoms with Crippen LogP contribution in [0.4, 0.5) is 5.69 Å². The van der Waals surface area contributed by atoms with E-state index in [2.05, 4.69) is 27.1 Å². The van der Waals surface area contributed by atoms with Gasteiger partial charge in [0.25, 0.3) is 5.91 Å². The third-order valence-electron chi connectivity index (χ3n) is 4.03. The molecule has 0 atom stereocenters. The van der Waals surface area contributed by atoms with Crippen molar-refractivity contribution in [2.45, 2.75) is 0 Å². The first-order valence-corrected chi connectivity index (χ1v) is 8.72. The molecule has 2 heterocycles. The van der Waals surface area contributed by atoms with Crippen molar-refractivity contribution in [3.63, 3.8) is 0 Å². The van der Waals surface area contributed by atoms with E-state index in [4.69, 9.17) is 0 Å². The Bertz CT molecular complexity index is 1160. The standard InChI is InChI=1S/C23H16N4O/c28-23(22-16-24-17-27(22)21-10-2-1-3-11-21)26-20-9-6-7-18(15-20)12-13-19-8-4-5-14-25-19/h1-11,14-17H,(H,26,28). The van der Waals surface area contributed by atoms with Crippen LogP contribution in [-0.2, 0) is 0 Å². The number of carbonyl (C=O) groups is 1. The van der Waals surface area contributed by atoms with Gasteiger partial charge in [0.1, 0.15) is 11.4 Å². The number of pyridine rings is 1. The predicted molar refractivity (Wildman–Crippen MR) is 108 cm³/mol. The van der Waals surface area contributed by atoms with Gasteiger partial charge in [-0.1, -0.05) is 36.3 Å². The molecule has 4 rings (SSSR count). The fourth-order valence-electron chi connectivity index (χ4n) is 2.70. The number of rotatable bonds is 3. The molecule has 4 aromatic rings. The van der Waals surface area contributed by atoms with Gasteiger partial charge in [0.15, 0.2) is 0 Å². The third kappa shape index (κ3) is 3.97. The molecule has 1 amide bonds. The Morgan fingerprint density at radius 2 is 1.79 bits per heavy atom. The maximum absolute atomic E-state index is 12.7. The van der Waals surface area contributed by atoms with Gasteiger partial charge < -0.3 is 5.32 Å². The number of imidazole rings is 1. The molecule has 28 heavy (non-hydrogen) atoms. The molecule has 2 aromatic carbocycles. The summed E-state index contributed by atoms with van der Waals surface area (Å²) < 4.78 is 1.75. The lowest BCUT2D eigenvalue weighted by Gasteiger charge is -2.09. The molecule has 134 valence electrons. The van der Waals surface area contributed by atoms with Crippen LogP contribution < -0.4 is 5.32 Å². The monoisotopic (exact) mass is 364 g/mol. The van der Waals surface area contributed by atoms with E-state index in [1.54, 1.807) is 23.3 Å². The van der Waals surface area contributed by atoms with Gasteiger partial charge in [-0.25, -0.2) is 9.97 Å². The molecular formula is C23H16N4O. The minimum absolute atomic E-state index is 0.240. The van der Waals surface area contributed by atoms with Crippen molar-refractivity contribution in [3.05, 3.63) is 108 Å². The second-order valence-corrected chi connectivity index (χ2v) is 5.98. The highest BCUT2D eigenvalue weighted by atomic mass is 16.2. The molecule has 0 aliphatic carbocycles. The first-order valence-electron chi connectivity index (χ1n) is 8.72. The second-order valence-electron chi connectivity index (χ2n) is 5.98. The van der Waals surface area contributed by atoms with Crippen molar-refractivity contribution in [2.75, 3.05) is 5.32 Å². The molecule has 0 radical (unpaired) electrons. The Morgan fingerprint density at radius 1 is 0.929 bits per heavy atom. The number of benzene rings is 2. The van der Waals surface area contributed by atoms with Gasteiger partial charge in [-0.3, -0.25) is 9.36 Å². The summed E-state index contributed by atoms with van der Waals surface area (Å²) in [4.78, 5) is 21.0. The molecular weight excluding hydrogens is 348 g/mol. The number of aromatic nitrogens is 3. The average molecular weight is 364 g/mol. The number of nitrogens with one attached hydrogen (secondary N) is 1. The van der Waals surface area contributed by atoms with E-state index in [1.165, 1.54) is 0 Å². The van der Waals surface area contributed by atoms with Gasteiger partial charge in [-0.2, -0.15) is 0 Å². The van der Waals surface area contributed by atoms with Crippen molar-refractivity contribution in [1.82, 2.24) is 14.5 Å². The van der Waals surface area contributed by atoms with Gasteiger partial charge in [0.2, 0.25) is 0 Å². The number of hydrogen-bond donors (Lipinski definition) is 1. The lowest BCUT2D eigenvalue weighted by atomic mass is 10.2. The number of amides is 1. The van der Waals surface area contributed by atoms with Gasteiger partial charge in [-0.05, 0) is 48.4 Å². The van der Waals surface area contributed by atoms with Crippen LogP contribution in [0.3, 0.4) is 0 Å². The molecule has 0 fully saturated rings. The minimum atomic E-state index is -0.240. The van der Waals surface area contributed by atoms with E-state index in [-0.39, 0.29) is 5.91 Å². The Morgan fingerprint density at radius 3 is 2.61 bits per heavy atom. The first-order chi connectivity index (χ1) is 13.8.